The largest absolute Gasteiger partial charge is 0.384 e. The summed E-state index contributed by atoms with van der Waals surface area (Å²) in [6, 6.07) is 3.73. The van der Waals surface area contributed by atoms with E-state index < -0.39 is 11.4 Å². The molecule has 1 amide bonds. The second kappa shape index (κ2) is 5.54. The van der Waals surface area contributed by atoms with Crippen LogP contribution in [0.1, 0.15) is 44.2 Å². The Morgan fingerprint density at radius 3 is 2.43 bits per heavy atom. The quantitative estimate of drug-likeness (QED) is 0.899. The summed E-state index contributed by atoms with van der Waals surface area (Å²) in [6.07, 6.45) is 5.70. The Morgan fingerprint density at radius 2 is 1.87 bits per heavy atom. The highest BCUT2D eigenvalue weighted by Gasteiger charge is 2.46. The lowest BCUT2D eigenvalue weighted by atomic mass is 9.79. The Bertz CT molecular complexity index is 585. The van der Waals surface area contributed by atoms with Gasteiger partial charge in [-0.1, -0.05) is 0 Å². The number of aliphatic hydroxyl groups is 1. The van der Waals surface area contributed by atoms with Crippen LogP contribution in [0.2, 0.25) is 0 Å². The topological polar surface area (TPSA) is 71.9 Å². The summed E-state index contributed by atoms with van der Waals surface area (Å²) in [5, 5.41) is 10.9. The maximum Gasteiger partial charge on any atom is 0.227 e. The van der Waals surface area contributed by atoms with E-state index in [1.165, 1.54) is 0 Å². The normalized spacial score (nSPS) is 26.1. The SMILES string of the molecule is O=C1CCCN1c1ccc(C2(O)CCC3(CC2)OCCO3)nc1. The molecule has 0 radical (unpaired) electrons. The molecule has 23 heavy (non-hydrogen) atoms. The summed E-state index contributed by atoms with van der Waals surface area (Å²) < 4.78 is 11.4. The molecular formula is C17H22N2O4. The van der Waals surface area contributed by atoms with Gasteiger partial charge in [-0.05, 0) is 31.4 Å². The van der Waals surface area contributed by atoms with Gasteiger partial charge in [-0.25, -0.2) is 0 Å². The molecule has 1 N–H and O–H groups in total. The lowest BCUT2D eigenvalue weighted by molar-refractivity contribution is -0.204. The number of pyridine rings is 1. The van der Waals surface area contributed by atoms with Gasteiger partial charge in [-0.2, -0.15) is 0 Å². The molecule has 1 saturated carbocycles. The van der Waals surface area contributed by atoms with E-state index in [4.69, 9.17) is 9.47 Å². The fourth-order valence-electron chi connectivity index (χ4n) is 3.83. The standard InChI is InChI=1S/C17H22N2O4/c20-15-2-1-9-19(15)13-3-4-14(18-12-13)16(21)5-7-17(8-6-16)22-10-11-23-17/h3-4,12,21H,1-2,5-11H2. The lowest BCUT2D eigenvalue weighted by Crippen LogP contribution is -2.42. The third-order valence-electron chi connectivity index (χ3n) is 5.26. The average molecular weight is 318 g/mol. The number of carbonyl (C=O) groups excluding carboxylic acids is 1. The summed E-state index contributed by atoms with van der Waals surface area (Å²) in [7, 11) is 0. The number of ether oxygens (including phenoxy) is 2. The minimum atomic E-state index is -0.936. The Kier molecular flexibility index (Phi) is 3.63. The summed E-state index contributed by atoms with van der Waals surface area (Å²) in [5.74, 6) is -0.345. The summed E-state index contributed by atoms with van der Waals surface area (Å²) in [6.45, 7) is 2.02. The zero-order valence-corrected chi connectivity index (χ0v) is 13.2. The zero-order valence-electron chi connectivity index (χ0n) is 13.2. The number of hydrogen-bond donors (Lipinski definition) is 1. The van der Waals surface area contributed by atoms with Crippen LogP contribution in [-0.2, 0) is 19.9 Å². The highest BCUT2D eigenvalue weighted by molar-refractivity contribution is 5.95. The van der Waals surface area contributed by atoms with Crippen molar-refractivity contribution in [3.8, 4) is 0 Å². The van der Waals surface area contributed by atoms with E-state index >= 15 is 0 Å². The first-order valence-electron chi connectivity index (χ1n) is 8.38. The van der Waals surface area contributed by atoms with Crippen LogP contribution in [0.4, 0.5) is 5.69 Å². The highest BCUT2D eigenvalue weighted by Crippen LogP contribution is 2.44. The average Bonchev–Trinajstić information content (AvgIpc) is 3.21. The van der Waals surface area contributed by atoms with Crippen molar-refractivity contribution < 1.29 is 19.4 Å². The third kappa shape index (κ3) is 2.65. The van der Waals surface area contributed by atoms with Crippen LogP contribution < -0.4 is 4.90 Å². The van der Waals surface area contributed by atoms with E-state index in [0.29, 0.717) is 51.0 Å². The van der Waals surface area contributed by atoms with Gasteiger partial charge in [0, 0.05) is 25.8 Å². The van der Waals surface area contributed by atoms with Gasteiger partial charge < -0.3 is 19.5 Å². The van der Waals surface area contributed by atoms with Crippen molar-refractivity contribution in [1.82, 2.24) is 4.98 Å². The smallest absolute Gasteiger partial charge is 0.227 e. The monoisotopic (exact) mass is 318 g/mol. The van der Waals surface area contributed by atoms with Crippen molar-refractivity contribution >= 4 is 11.6 Å². The Morgan fingerprint density at radius 1 is 1.13 bits per heavy atom. The van der Waals surface area contributed by atoms with Gasteiger partial charge in [-0.15, -0.1) is 0 Å². The molecule has 1 aromatic heterocycles. The minimum Gasteiger partial charge on any atom is -0.384 e. The van der Waals surface area contributed by atoms with Crippen LogP contribution in [0.5, 0.6) is 0 Å². The maximum absolute atomic E-state index is 11.8. The number of anilines is 1. The number of rotatable bonds is 2. The fraction of sp³-hybridized carbons (Fsp3) is 0.647. The molecule has 1 aromatic rings. The van der Waals surface area contributed by atoms with Crippen molar-refractivity contribution in [2.45, 2.75) is 49.9 Å². The fourth-order valence-corrected chi connectivity index (χ4v) is 3.83. The van der Waals surface area contributed by atoms with Gasteiger partial charge in [0.15, 0.2) is 5.79 Å². The van der Waals surface area contributed by atoms with E-state index in [2.05, 4.69) is 4.98 Å². The second-order valence-electron chi connectivity index (χ2n) is 6.69. The van der Waals surface area contributed by atoms with Crippen molar-refractivity contribution in [2.24, 2.45) is 0 Å². The first kappa shape index (κ1) is 15.1. The first-order valence-corrected chi connectivity index (χ1v) is 8.38. The van der Waals surface area contributed by atoms with Crippen LogP contribution >= 0.6 is 0 Å². The molecule has 124 valence electrons. The Balaban J connectivity index is 1.48. The molecule has 3 heterocycles. The summed E-state index contributed by atoms with van der Waals surface area (Å²) in [5.41, 5.74) is 0.545. The van der Waals surface area contributed by atoms with Gasteiger partial charge >= 0.3 is 0 Å². The molecule has 6 nitrogen and oxygen atoms in total. The maximum atomic E-state index is 11.8. The molecule has 2 aliphatic heterocycles. The van der Waals surface area contributed by atoms with Gasteiger partial charge in [0.05, 0.1) is 30.8 Å². The molecular weight excluding hydrogens is 296 g/mol. The van der Waals surface area contributed by atoms with Crippen LogP contribution in [0.3, 0.4) is 0 Å². The van der Waals surface area contributed by atoms with Crippen molar-refractivity contribution in [2.75, 3.05) is 24.7 Å². The van der Waals surface area contributed by atoms with E-state index in [0.717, 1.165) is 18.7 Å². The number of carbonyl (C=O) groups is 1. The second-order valence-corrected chi connectivity index (χ2v) is 6.69. The van der Waals surface area contributed by atoms with Gasteiger partial charge in [0.25, 0.3) is 0 Å². The van der Waals surface area contributed by atoms with Crippen LogP contribution in [0.25, 0.3) is 0 Å². The molecule has 0 atom stereocenters. The zero-order chi connectivity index (χ0) is 15.9. The van der Waals surface area contributed by atoms with E-state index in [9.17, 15) is 9.90 Å². The first-order chi connectivity index (χ1) is 11.1. The predicted octanol–water partition coefficient (Wildman–Crippen LogP) is 1.71. The molecule has 6 heteroatoms. The predicted molar refractivity (Wildman–Crippen MR) is 82.8 cm³/mol. The van der Waals surface area contributed by atoms with Crippen molar-refractivity contribution in [3.05, 3.63) is 24.0 Å². The Labute approximate surface area is 135 Å². The third-order valence-corrected chi connectivity index (χ3v) is 5.26. The number of amides is 1. The number of hydrogen-bond acceptors (Lipinski definition) is 5. The molecule has 0 aromatic carbocycles. The Hall–Kier alpha value is -1.50. The van der Waals surface area contributed by atoms with E-state index in [-0.39, 0.29) is 5.91 Å². The molecule has 0 unspecified atom stereocenters. The summed E-state index contributed by atoms with van der Waals surface area (Å²) >= 11 is 0. The van der Waals surface area contributed by atoms with Crippen molar-refractivity contribution in [3.63, 3.8) is 0 Å². The molecule has 0 bridgehead atoms. The van der Waals surface area contributed by atoms with Crippen molar-refractivity contribution in [1.29, 1.82) is 0 Å². The van der Waals surface area contributed by atoms with Gasteiger partial charge in [0.1, 0.15) is 5.60 Å². The van der Waals surface area contributed by atoms with Crippen LogP contribution in [0, 0.1) is 0 Å². The molecule has 4 rings (SSSR count). The van der Waals surface area contributed by atoms with Crippen LogP contribution in [0.15, 0.2) is 18.3 Å². The van der Waals surface area contributed by atoms with E-state index in [1.54, 1.807) is 11.1 Å². The minimum absolute atomic E-state index is 0.147. The molecule has 3 aliphatic rings. The summed E-state index contributed by atoms with van der Waals surface area (Å²) in [4.78, 5) is 18.0. The lowest BCUT2D eigenvalue weighted by Gasteiger charge is -2.40. The van der Waals surface area contributed by atoms with Gasteiger partial charge in [-0.3, -0.25) is 9.78 Å². The number of nitrogens with zero attached hydrogens (tertiary/aromatic N) is 2. The van der Waals surface area contributed by atoms with Crippen LogP contribution in [-0.4, -0.2) is 41.5 Å². The molecule has 3 fully saturated rings. The van der Waals surface area contributed by atoms with Gasteiger partial charge in [0.2, 0.25) is 5.91 Å². The highest BCUT2D eigenvalue weighted by atomic mass is 16.7. The molecule has 2 saturated heterocycles. The van der Waals surface area contributed by atoms with E-state index in [1.807, 2.05) is 12.1 Å². The molecule has 1 aliphatic carbocycles. The number of aromatic nitrogens is 1. The molecule has 1 spiro atoms.